The Bertz CT molecular complexity index is 201. The molecule has 0 bridgehead atoms. The molecule has 0 aliphatic heterocycles. The quantitative estimate of drug-likeness (QED) is 0.675. The van der Waals surface area contributed by atoms with Gasteiger partial charge in [-0.3, -0.25) is 9.69 Å². The molecule has 0 amide bonds. The zero-order chi connectivity index (χ0) is 11.8. The average molecular weight is 228 g/mol. The first-order chi connectivity index (χ1) is 7.74. The van der Waals surface area contributed by atoms with Crippen LogP contribution >= 0.6 is 0 Å². The van der Waals surface area contributed by atoms with E-state index in [1.54, 1.807) is 0 Å². The smallest absolute Gasteiger partial charge is 0.304 e. The van der Waals surface area contributed by atoms with E-state index in [2.05, 4.69) is 4.90 Å². The lowest BCUT2D eigenvalue weighted by Gasteiger charge is -2.30. The molecule has 4 heteroatoms. The van der Waals surface area contributed by atoms with Gasteiger partial charge in [-0.05, 0) is 12.8 Å². The number of hydrogen-bond acceptors (Lipinski definition) is 3. The molecule has 1 aliphatic carbocycles. The lowest BCUT2D eigenvalue weighted by atomic mass is 10.1. The van der Waals surface area contributed by atoms with Crippen molar-refractivity contribution in [2.24, 2.45) is 5.73 Å². The van der Waals surface area contributed by atoms with E-state index in [-0.39, 0.29) is 6.42 Å². The standard InChI is InChI=1S/C12H24N2O2/c13-8-10-14(9-7-12(15)16)11-5-3-1-2-4-6-11/h11H,1-10,13H2,(H,15,16). The van der Waals surface area contributed by atoms with Crippen molar-refractivity contribution in [3.05, 3.63) is 0 Å². The predicted molar refractivity (Wildman–Crippen MR) is 64.4 cm³/mol. The summed E-state index contributed by atoms with van der Waals surface area (Å²) in [5, 5.41) is 8.73. The van der Waals surface area contributed by atoms with Crippen molar-refractivity contribution in [2.75, 3.05) is 19.6 Å². The van der Waals surface area contributed by atoms with Crippen molar-refractivity contribution in [1.29, 1.82) is 0 Å². The Morgan fingerprint density at radius 1 is 1.19 bits per heavy atom. The second-order valence-electron chi connectivity index (χ2n) is 4.61. The van der Waals surface area contributed by atoms with Crippen LogP contribution in [0.15, 0.2) is 0 Å². The normalized spacial score (nSPS) is 18.6. The Hall–Kier alpha value is -0.610. The van der Waals surface area contributed by atoms with Gasteiger partial charge in [0.2, 0.25) is 0 Å². The molecule has 1 saturated carbocycles. The van der Waals surface area contributed by atoms with Gasteiger partial charge in [-0.15, -0.1) is 0 Å². The first-order valence-corrected chi connectivity index (χ1v) is 6.40. The molecule has 4 nitrogen and oxygen atoms in total. The minimum Gasteiger partial charge on any atom is -0.481 e. The van der Waals surface area contributed by atoms with Crippen LogP contribution in [0.2, 0.25) is 0 Å². The third-order valence-electron chi connectivity index (χ3n) is 3.37. The van der Waals surface area contributed by atoms with E-state index >= 15 is 0 Å². The van der Waals surface area contributed by atoms with Crippen LogP contribution in [0.25, 0.3) is 0 Å². The van der Waals surface area contributed by atoms with E-state index in [1.165, 1.54) is 38.5 Å². The Labute approximate surface area is 97.8 Å². The van der Waals surface area contributed by atoms with Crippen LogP contribution in [-0.4, -0.2) is 41.7 Å². The summed E-state index contributed by atoms with van der Waals surface area (Å²) < 4.78 is 0. The largest absolute Gasteiger partial charge is 0.481 e. The van der Waals surface area contributed by atoms with Crippen LogP contribution in [0.4, 0.5) is 0 Å². The number of carbonyl (C=O) groups is 1. The molecule has 16 heavy (non-hydrogen) atoms. The average Bonchev–Trinajstić information content (AvgIpc) is 2.52. The summed E-state index contributed by atoms with van der Waals surface area (Å²) in [6.07, 6.45) is 7.85. The van der Waals surface area contributed by atoms with Crippen molar-refractivity contribution in [1.82, 2.24) is 4.90 Å². The molecule has 0 spiro atoms. The molecule has 0 aromatic heterocycles. The highest BCUT2D eigenvalue weighted by Crippen LogP contribution is 2.21. The second-order valence-corrected chi connectivity index (χ2v) is 4.61. The van der Waals surface area contributed by atoms with Gasteiger partial charge in [0.05, 0.1) is 6.42 Å². The fourth-order valence-electron chi connectivity index (χ4n) is 2.50. The van der Waals surface area contributed by atoms with Crippen LogP contribution in [0.1, 0.15) is 44.9 Å². The first kappa shape index (κ1) is 13.5. The van der Waals surface area contributed by atoms with Crippen LogP contribution in [0, 0.1) is 0 Å². The van der Waals surface area contributed by atoms with Gasteiger partial charge in [-0.1, -0.05) is 25.7 Å². The van der Waals surface area contributed by atoms with Crippen LogP contribution in [0.5, 0.6) is 0 Å². The van der Waals surface area contributed by atoms with Crippen LogP contribution in [0.3, 0.4) is 0 Å². The van der Waals surface area contributed by atoms with E-state index < -0.39 is 5.97 Å². The van der Waals surface area contributed by atoms with Gasteiger partial charge >= 0.3 is 5.97 Å². The number of nitrogens with two attached hydrogens (primary N) is 1. The Morgan fingerprint density at radius 3 is 2.31 bits per heavy atom. The van der Waals surface area contributed by atoms with Gasteiger partial charge in [0.1, 0.15) is 0 Å². The van der Waals surface area contributed by atoms with Crippen molar-refractivity contribution in [3.63, 3.8) is 0 Å². The van der Waals surface area contributed by atoms with Crippen LogP contribution in [-0.2, 0) is 4.79 Å². The molecule has 1 rings (SSSR count). The number of carboxylic acid groups (broad SMARTS) is 1. The third kappa shape index (κ3) is 4.94. The maximum atomic E-state index is 10.6. The monoisotopic (exact) mass is 228 g/mol. The number of carboxylic acids is 1. The lowest BCUT2D eigenvalue weighted by molar-refractivity contribution is -0.137. The summed E-state index contributed by atoms with van der Waals surface area (Å²) in [5.74, 6) is -0.712. The van der Waals surface area contributed by atoms with E-state index in [4.69, 9.17) is 10.8 Å². The summed E-state index contributed by atoms with van der Waals surface area (Å²) in [6, 6.07) is 0.561. The highest BCUT2D eigenvalue weighted by atomic mass is 16.4. The molecule has 3 N–H and O–H groups in total. The fraction of sp³-hybridized carbons (Fsp3) is 0.917. The summed E-state index contributed by atoms with van der Waals surface area (Å²) in [6.45, 7) is 2.10. The van der Waals surface area contributed by atoms with Crippen LogP contribution < -0.4 is 5.73 Å². The highest BCUT2D eigenvalue weighted by Gasteiger charge is 2.19. The molecule has 0 heterocycles. The molecule has 1 aliphatic rings. The number of hydrogen-bond donors (Lipinski definition) is 2. The maximum Gasteiger partial charge on any atom is 0.304 e. The van der Waals surface area contributed by atoms with Crippen molar-refractivity contribution >= 4 is 5.97 Å². The molecule has 0 unspecified atom stereocenters. The number of aliphatic carboxylic acids is 1. The predicted octanol–water partition coefficient (Wildman–Crippen LogP) is 1.44. The van der Waals surface area contributed by atoms with E-state index in [9.17, 15) is 4.79 Å². The summed E-state index contributed by atoms with van der Waals surface area (Å²) >= 11 is 0. The molecule has 0 saturated heterocycles. The topological polar surface area (TPSA) is 66.6 Å². The molecule has 0 aromatic rings. The highest BCUT2D eigenvalue weighted by molar-refractivity contribution is 5.66. The summed E-state index contributed by atoms with van der Waals surface area (Å²) in [7, 11) is 0. The van der Waals surface area contributed by atoms with Gasteiger partial charge in [-0.25, -0.2) is 0 Å². The van der Waals surface area contributed by atoms with Gasteiger partial charge < -0.3 is 10.8 Å². The zero-order valence-corrected chi connectivity index (χ0v) is 10.0. The Balaban J connectivity index is 2.42. The van der Waals surface area contributed by atoms with Crippen molar-refractivity contribution in [2.45, 2.75) is 51.0 Å². The van der Waals surface area contributed by atoms with Gasteiger partial charge in [-0.2, -0.15) is 0 Å². The molecule has 94 valence electrons. The molecule has 0 aromatic carbocycles. The number of nitrogens with zero attached hydrogens (tertiary/aromatic N) is 1. The van der Waals surface area contributed by atoms with Gasteiger partial charge in [0.25, 0.3) is 0 Å². The number of rotatable bonds is 6. The molecular formula is C12H24N2O2. The lowest BCUT2D eigenvalue weighted by Crippen LogP contribution is -2.39. The minimum absolute atomic E-state index is 0.233. The molecular weight excluding hydrogens is 204 g/mol. The maximum absolute atomic E-state index is 10.6. The second kappa shape index (κ2) is 7.63. The van der Waals surface area contributed by atoms with Crippen molar-refractivity contribution in [3.8, 4) is 0 Å². The first-order valence-electron chi connectivity index (χ1n) is 6.40. The van der Waals surface area contributed by atoms with E-state index in [1.807, 2.05) is 0 Å². The van der Waals surface area contributed by atoms with E-state index in [0.717, 1.165) is 6.54 Å². The Kier molecular flexibility index (Phi) is 6.42. The zero-order valence-electron chi connectivity index (χ0n) is 10.0. The third-order valence-corrected chi connectivity index (χ3v) is 3.37. The SMILES string of the molecule is NCCN(CCC(=O)O)C1CCCCCC1. The Morgan fingerprint density at radius 2 is 1.81 bits per heavy atom. The van der Waals surface area contributed by atoms with Gasteiger partial charge in [0.15, 0.2) is 0 Å². The fourth-order valence-corrected chi connectivity index (χ4v) is 2.50. The summed E-state index contributed by atoms with van der Waals surface area (Å²) in [5.41, 5.74) is 5.59. The van der Waals surface area contributed by atoms with E-state index in [0.29, 0.717) is 19.1 Å². The van der Waals surface area contributed by atoms with Gasteiger partial charge in [0, 0.05) is 25.7 Å². The molecule has 1 fully saturated rings. The minimum atomic E-state index is -0.712. The molecule has 0 atom stereocenters. The molecule has 0 radical (unpaired) electrons. The summed E-state index contributed by atoms with van der Waals surface area (Å²) in [4.78, 5) is 12.9. The van der Waals surface area contributed by atoms with Crippen molar-refractivity contribution < 1.29 is 9.90 Å².